The topological polar surface area (TPSA) is 58.9 Å². The molecule has 9 heteroatoms. The van der Waals surface area contributed by atoms with Gasteiger partial charge in [-0.1, -0.05) is 36.4 Å². The molecule has 1 aromatic heterocycles. The lowest BCUT2D eigenvalue weighted by molar-refractivity contribution is -0.143. The van der Waals surface area contributed by atoms with E-state index >= 15 is 0 Å². The molecule has 2 N–H and O–H groups in total. The van der Waals surface area contributed by atoms with Crippen LogP contribution in [0.2, 0.25) is 5.02 Å². The Morgan fingerprint density at radius 1 is 1.10 bits per heavy atom. The summed E-state index contributed by atoms with van der Waals surface area (Å²) in [6.45, 7) is 5.44. The number of nitrogens with zero attached hydrogens (tertiary/aromatic N) is 2. The minimum Gasteiger partial charge on any atom is -0.360 e. The molecule has 3 rings (SSSR count). The molecule has 0 radical (unpaired) electrons. The molecule has 29 heavy (non-hydrogen) atoms. The van der Waals surface area contributed by atoms with Gasteiger partial charge in [0.05, 0.1) is 17.4 Å². The molecule has 0 saturated carbocycles. The number of anilines is 2. The van der Waals surface area contributed by atoms with Crippen molar-refractivity contribution in [3.05, 3.63) is 83.3 Å². The number of amides is 1. The number of carbonyl (C=O) groups excluding carboxylic acids is 1. The van der Waals surface area contributed by atoms with Gasteiger partial charge in [0.1, 0.15) is 0 Å². The summed E-state index contributed by atoms with van der Waals surface area (Å²) >= 11 is 6.03. The van der Waals surface area contributed by atoms with Crippen LogP contribution in [0.4, 0.5) is 24.5 Å². The Morgan fingerprint density at radius 2 is 1.72 bits per heavy atom. The normalized spacial score (nSPS) is 11.2. The molecule has 0 aliphatic carbocycles. The molecule has 0 fully saturated rings. The second-order valence-corrected chi connectivity index (χ2v) is 6.68. The molecule has 0 saturated heterocycles. The molecule has 0 atom stereocenters. The number of benzene rings is 2. The van der Waals surface area contributed by atoms with Gasteiger partial charge in [-0.05, 0) is 37.3 Å². The average Bonchev–Trinajstić information content (AvgIpc) is 3.07. The zero-order valence-electron chi connectivity index (χ0n) is 15.2. The quantitative estimate of drug-likeness (QED) is 0.553. The first-order valence-corrected chi connectivity index (χ1v) is 8.78. The highest BCUT2D eigenvalue weighted by Crippen LogP contribution is 2.34. The van der Waals surface area contributed by atoms with E-state index in [0.717, 1.165) is 6.20 Å². The van der Waals surface area contributed by atoms with Crippen molar-refractivity contribution < 1.29 is 18.0 Å². The summed E-state index contributed by atoms with van der Waals surface area (Å²) in [5, 5.41) is 9.45. The Bertz CT molecular complexity index is 1060. The van der Waals surface area contributed by atoms with Gasteiger partial charge in [0, 0.05) is 22.1 Å². The molecule has 150 valence electrons. The SMILES string of the molecule is C=C(C)Nc1cc(Cl)cc(NC(=O)c2cnn(-c3ccccc3)c2C(F)(F)F)c1. The first-order chi connectivity index (χ1) is 13.6. The van der Waals surface area contributed by atoms with E-state index in [4.69, 9.17) is 11.6 Å². The first kappa shape index (κ1) is 20.5. The van der Waals surface area contributed by atoms with E-state index in [1.165, 1.54) is 24.3 Å². The van der Waals surface area contributed by atoms with Gasteiger partial charge in [-0.2, -0.15) is 18.3 Å². The third kappa shape index (κ3) is 4.78. The lowest BCUT2D eigenvalue weighted by Crippen LogP contribution is -2.20. The number of alkyl halides is 3. The smallest absolute Gasteiger partial charge is 0.360 e. The van der Waals surface area contributed by atoms with Gasteiger partial charge in [-0.25, -0.2) is 4.68 Å². The van der Waals surface area contributed by atoms with E-state index in [1.54, 1.807) is 31.2 Å². The number of hydrogen-bond acceptors (Lipinski definition) is 3. The molecule has 0 aliphatic heterocycles. The number of rotatable bonds is 5. The van der Waals surface area contributed by atoms with Crippen molar-refractivity contribution in [2.75, 3.05) is 10.6 Å². The van der Waals surface area contributed by atoms with Crippen molar-refractivity contribution in [2.24, 2.45) is 0 Å². The highest BCUT2D eigenvalue weighted by Gasteiger charge is 2.40. The Morgan fingerprint density at radius 3 is 2.31 bits per heavy atom. The number of hydrogen-bond donors (Lipinski definition) is 2. The minimum atomic E-state index is -4.79. The van der Waals surface area contributed by atoms with E-state index in [0.29, 0.717) is 21.1 Å². The number of allylic oxidation sites excluding steroid dienone is 1. The van der Waals surface area contributed by atoms with E-state index in [9.17, 15) is 18.0 Å². The second kappa shape index (κ2) is 8.00. The van der Waals surface area contributed by atoms with Crippen molar-refractivity contribution in [1.82, 2.24) is 9.78 Å². The summed E-state index contributed by atoms with van der Waals surface area (Å²) in [6, 6.07) is 12.3. The Labute approximate surface area is 169 Å². The van der Waals surface area contributed by atoms with Crippen LogP contribution in [0.1, 0.15) is 23.0 Å². The largest absolute Gasteiger partial charge is 0.434 e. The maximum absolute atomic E-state index is 13.7. The van der Waals surface area contributed by atoms with Crippen LogP contribution in [0, 0.1) is 0 Å². The molecule has 3 aromatic rings. The number of aromatic nitrogens is 2. The third-order valence-corrected chi connectivity index (χ3v) is 4.01. The minimum absolute atomic E-state index is 0.189. The monoisotopic (exact) mass is 420 g/mol. The van der Waals surface area contributed by atoms with Crippen LogP contribution in [-0.2, 0) is 6.18 Å². The molecule has 0 aliphatic rings. The summed E-state index contributed by atoms with van der Waals surface area (Å²) in [4.78, 5) is 12.6. The maximum Gasteiger partial charge on any atom is 0.434 e. The van der Waals surface area contributed by atoms with Gasteiger partial charge in [-0.3, -0.25) is 4.79 Å². The molecule has 0 spiro atoms. The van der Waals surface area contributed by atoms with Gasteiger partial charge in [0.15, 0.2) is 5.69 Å². The molecule has 0 bridgehead atoms. The van der Waals surface area contributed by atoms with Crippen LogP contribution >= 0.6 is 11.6 Å². The van der Waals surface area contributed by atoms with Gasteiger partial charge < -0.3 is 10.6 Å². The fourth-order valence-corrected chi connectivity index (χ4v) is 2.97. The number of nitrogens with one attached hydrogen (secondary N) is 2. The standard InChI is InChI=1S/C20H16ClF3N4O/c1-12(2)26-14-8-13(21)9-15(10-14)27-19(29)17-11-25-28(18(17)20(22,23)24)16-6-4-3-5-7-16/h3-11,26H,1H2,2H3,(H,27,29). The maximum atomic E-state index is 13.7. The zero-order valence-corrected chi connectivity index (χ0v) is 16.0. The lowest BCUT2D eigenvalue weighted by atomic mass is 10.2. The Kier molecular flexibility index (Phi) is 5.65. The first-order valence-electron chi connectivity index (χ1n) is 8.40. The van der Waals surface area contributed by atoms with E-state index in [1.807, 2.05) is 0 Å². The summed E-state index contributed by atoms with van der Waals surface area (Å²) < 4.78 is 41.8. The summed E-state index contributed by atoms with van der Waals surface area (Å²) in [5.74, 6) is -0.956. The van der Waals surface area contributed by atoms with E-state index in [-0.39, 0.29) is 11.4 Å². The molecule has 1 amide bonds. The highest BCUT2D eigenvalue weighted by atomic mass is 35.5. The summed E-state index contributed by atoms with van der Waals surface area (Å²) in [7, 11) is 0. The van der Waals surface area contributed by atoms with Crippen molar-refractivity contribution in [1.29, 1.82) is 0 Å². The van der Waals surface area contributed by atoms with Gasteiger partial charge in [0.2, 0.25) is 0 Å². The van der Waals surface area contributed by atoms with Crippen molar-refractivity contribution in [3.8, 4) is 5.69 Å². The predicted octanol–water partition coefficient (Wildman–Crippen LogP) is 5.74. The number of para-hydroxylation sites is 1. The van der Waals surface area contributed by atoms with E-state index in [2.05, 4.69) is 22.3 Å². The van der Waals surface area contributed by atoms with Crippen LogP contribution in [0.25, 0.3) is 5.69 Å². The Hall–Kier alpha value is -3.26. The molecular formula is C20H16ClF3N4O. The average molecular weight is 421 g/mol. The highest BCUT2D eigenvalue weighted by molar-refractivity contribution is 6.31. The molecule has 1 heterocycles. The van der Waals surface area contributed by atoms with Crippen molar-refractivity contribution >= 4 is 28.9 Å². The molecule has 2 aromatic carbocycles. The fraction of sp³-hybridized carbons (Fsp3) is 0.100. The third-order valence-electron chi connectivity index (χ3n) is 3.80. The zero-order chi connectivity index (χ0) is 21.2. The van der Waals surface area contributed by atoms with Crippen LogP contribution in [0.5, 0.6) is 0 Å². The molecule has 0 unspecified atom stereocenters. The molecular weight excluding hydrogens is 405 g/mol. The van der Waals surface area contributed by atoms with Crippen molar-refractivity contribution in [2.45, 2.75) is 13.1 Å². The van der Waals surface area contributed by atoms with Gasteiger partial charge in [-0.15, -0.1) is 0 Å². The van der Waals surface area contributed by atoms with Crippen LogP contribution in [-0.4, -0.2) is 15.7 Å². The van der Waals surface area contributed by atoms with Crippen LogP contribution in [0.15, 0.2) is 67.0 Å². The number of carbonyl (C=O) groups is 1. The van der Waals surface area contributed by atoms with Crippen LogP contribution in [0.3, 0.4) is 0 Å². The van der Waals surface area contributed by atoms with Crippen molar-refractivity contribution in [3.63, 3.8) is 0 Å². The van der Waals surface area contributed by atoms with Gasteiger partial charge >= 0.3 is 6.18 Å². The second-order valence-electron chi connectivity index (χ2n) is 6.24. The van der Waals surface area contributed by atoms with Crippen LogP contribution < -0.4 is 10.6 Å². The summed E-state index contributed by atoms with van der Waals surface area (Å²) in [5.41, 5.74) is -0.176. The molecule has 5 nitrogen and oxygen atoms in total. The predicted molar refractivity (Wildman–Crippen MR) is 106 cm³/mol. The van der Waals surface area contributed by atoms with E-state index < -0.39 is 23.3 Å². The summed E-state index contributed by atoms with van der Waals surface area (Å²) in [6.07, 6.45) is -3.90. The Balaban J connectivity index is 1.97. The lowest BCUT2D eigenvalue weighted by Gasteiger charge is -2.13. The fourth-order valence-electron chi connectivity index (χ4n) is 2.73. The number of halogens is 4. The van der Waals surface area contributed by atoms with Gasteiger partial charge in [0.25, 0.3) is 5.91 Å².